The van der Waals surface area contributed by atoms with Crippen molar-refractivity contribution >= 4 is 17.8 Å². The van der Waals surface area contributed by atoms with Gasteiger partial charge in [-0.3, -0.25) is 9.69 Å². The summed E-state index contributed by atoms with van der Waals surface area (Å²) in [6.07, 6.45) is 1.83. The fraction of sp³-hybridized carbons (Fsp3) is 0.400. The molecule has 0 radical (unpaired) electrons. The zero-order chi connectivity index (χ0) is 24.2. The third-order valence-electron chi connectivity index (χ3n) is 5.40. The maximum absolute atomic E-state index is 12.5. The number of hydrogen-bond donors (Lipinski definition) is 3. The quantitative estimate of drug-likeness (QED) is 0.548. The monoisotopic (exact) mass is 456 g/mol. The van der Waals surface area contributed by atoms with Crippen molar-refractivity contribution in [3.63, 3.8) is 0 Å². The topological polar surface area (TPSA) is 116 Å². The van der Waals surface area contributed by atoms with Crippen LogP contribution < -0.4 is 10.1 Å². The van der Waals surface area contributed by atoms with Crippen LogP contribution in [0.2, 0.25) is 0 Å². The van der Waals surface area contributed by atoms with Gasteiger partial charge in [0, 0.05) is 24.6 Å². The van der Waals surface area contributed by atoms with E-state index < -0.39 is 11.9 Å². The standard InChI is InChI=1S/C23H30N2O2.C2H2O4/c1-3-27-22-7-5-4-6-21(22)17-25-14-12-20(13-15-25)23(26)24-16-19-10-8-18(2)9-11-19;3-1(4)2(5)6/h4-11,20H,3,12-17H2,1-2H3,(H,24,26);(H,3,4)(H,5,6). The van der Waals surface area contributed by atoms with Crippen LogP contribution in [0.3, 0.4) is 0 Å². The molecule has 178 valence electrons. The number of benzene rings is 2. The van der Waals surface area contributed by atoms with E-state index in [1.54, 1.807) is 0 Å². The van der Waals surface area contributed by atoms with Crippen molar-refractivity contribution in [3.8, 4) is 5.75 Å². The third kappa shape index (κ3) is 8.94. The first kappa shape index (κ1) is 25.9. The lowest BCUT2D eigenvalue weighted by molar-refractivity contribution is -0.159. The molecule has 3 rings (SSSR count). The summed E-state index contributed by atoms with van der Waals surface area (Å²) in [6.45, 7) is 8.15. The summed E-state index contributed by atoms with van der Waals surface area (Å²) in [5.41, 5.74) is 3.61. The molecule has 2 aromatic rings. The van der Waals surface area contributed by atoms with Gasteiger partial charge >= 0.3 is 11.9 Å². The molecule has 33 heavy (non-hydrogen) atoms. The molecule has 1 amide bonds. The highest BCUT2D eigenvalue weighted by Crippen LogP contribution is 2.24. The Morgan fingerprint density at radius 1 is 1.00 bits per heavy atom. The number of aryl methyl sites for hydroxylation is 1. The number of amides is 1. The fourth-order valence-electron chi connectivity index (χ4n) is 3.56. The van der Waals surface area contributed by atoms with Crippen molar-refractivity contribution in [2.45, 2.75) is 39.8 Å². The van der Waals surface area contributed by atoms with E-state index in [-0.39, 0.29) is 11.8 Å². The van der Waals surface area contributed by atoms with Gasteiger partial charge in [-0.05, 0) is 51.4 Å². The molecule has 1 aliphatic heterocycles. The van der Waals surface area contributed by atoms with E-state index in [1.807, 2.05) is 19.1 Å². The highest BCUT2D eigenvalue weighted by molar-refractivity contribution is 6.27. The molecule has 3 N–H and O–H groups in total. The van der Waals surface area contributed by atoms with E-state index in [1.165, 1.54) is 11.1 Å². The molecule has 1 saturated heterocycles. The largest absolute Gasteiger partial charge is 0.494 e. The van der Waals surface area contributed by atoms with E-state index in [4.69, 9.17) is 24.5 Å². The zero-order valence-electron chi connectivity index (χ0n) is 19.1. The van der Waals surface area contributed by atoms with E-state index in [9.17, 15) is 4.79 Å². The maximum atomic E-state index is 12.5. The summed E-state index contributed by atoms with van der Waals surface area (Å²) >= 11 is 0. The van der Waals surface area contributed by atoms with Gasteiger partial charge in [0.1, 0.15) is 5.75 Å². The van der Waals surface area contributed by atoms with Gasteiger partial charge in [-0.15, -0.1) is 0 Å². The minimum absolute atomic E-state index is 0.119. The molecule has 8 heteroatoms. The number of hydrogen-bond acceptors (Lipinski definition) is 5. The van der Waals surface area contributed by atoms with Gasteiger partial charge in [-0.25, -0.2) is 9.59 Å². The molecular formula is C25H32N2O6. The van der Waals surface area contributed by atoms with Crippen molar-refractivity contribution in [1.82, 2.24) is 10.2 Å². The first-order valence-electron chi connectivity index (χ1n) is 11.0. The average Bonchev–Trinajstić information content (AvgIpc) is 2.81. The lowest BCUT2D eigenvalue weighted by atomic mass is 9.95. The number of likely N-dealkylation sites (tertiary alicyclic amines) is 1. The number of aliphatic carboxylic acids is 2. The summed E-state index contributed by atoms with van der Waals surface area (Å²) in [7, 11) is 0. The molecule has 2 aromatic carbocycles. The Bertz CT molecular complexity index is 909. The number of carbonyl (C=O) groups excluding carboxylic acids is 1. The van der Waals surface area contributed by atoms with Crippen LogP contribution in [0.4, 0.5) is 0 Å². The SMILES string of the molecule is CCOc1ccccc1CN1CCC(C(=O)NCc2ccc(C)cc2)CC1.O=C(O)C(=O)O. The van der Waals surface area contributed by atoms with Crippen molar-refractivity contribution in [3.05, 3.63) is 65.2 Å². The predicted octanol–water partition coefficient (Wildman–Crippen LogP) is 3.08. The lowest BCUT2D eigenvalue weighted by Gasteiger charge is -2.31. The van der Waals surface area contributed by atoms with Crippen LogP contribution in [-0.4, -0.2) is 52.7 Å². The molecule has 0 aromatic heterocycles. The summed E-state index contributed by atoms with van der Waals surface area (Å²) < 4.78 is 5.73. The van der Waals surface area contributed by atoms with Gasteiger partial charge in [-0.1, -0.05) is 48.0 Å². The Balaban J connectivity index is 0.000000569. The Labute approximate surface area is 194 Å². The molecule has 1 aliphatic rings. The number of ether oxygens (including phenoxy) is 1. The van der Waals surface area contributed by atoms with Crippen LogP contribution in [0.5, 0.6) is 5.75 Å². The fourth-order valence-corrected chi connectivity index (χ4v) is 3.56. The number of piperidine rings is 1. The molecule has 0 bridgehead atoms. The van der Waals surface area contributed by atoms with E-state index in [0.717, 1.165) is 43.8 Å². The number of carboxylic acid groups (broad SMARTS) is 2. The lowest BCUT2D eigenvalue weighted by Crippen LogP contribution is -2.40. The van der Waals surface area contributed by atoms with Gasteiger partial charge in [0.05, 0.1) is 6.61 Å². The maximum Gasteiger partial charge on any atom is 0.414 e. The predicted molar refractivity (Wildman–Crippen MR) is 124 cm³/mol. The number of carboxylic acids is 2. The molecule has 0 spiro atoms. The van der Waals surface area contributed by atoms with Crippen LogP contribution in [0.15, 0.2) is 48.5 Å². The molecule has 0 saturated carbocycles. The van der Waals surface area contributed by atoms with Gasteiger partial charge in [0.2, 0.25) is 5.91 Å². The second-order valence-electron chi connectivity index (χ2n) is 7.90. The van der Waals surface area contributed by atoms with Crippen molar-refractivity contribution in [1.29, 1.82) is 0 Å². The minimum atomic E-state index is -1.82. The van der Waals surface area contributed by atoms with E-state index in [2.05, 4.69) is 53.5 Å². The van der Waals surface area contributed by atoms with Crippen molar-refractivity contribution in [2.75, 3.05) is 19.7 Å². The van der Waals surface area contributed by atoms with Gasteiger partial charge in [0.15, 0.2) is 0 Å². The van der Waals surface area contributed by atoms with Crippen LogP contribution in [0.25, 0.3) is 0 Å². The molecule has 1 heterocycles. The number of carbonyl (C=O) groups is 3. The second kappa shape index (κ2) is 13.2. The van der Waals surface area contributed by atoms with E-state index in [0.29, 0.717) is 13.2 Å². The van der Waals surface area contributed by atoms with Crippen molar-refractivity contribution in [2.24, 2.45) is 5.92 Å². The smallest absolute Gasteiger partial charge is 0.414 e. The molecule has 8 nitrogen and oxygen atoms in total. The highest BCUT2D eigenvalue weighted by Gasteiger charge is 2.25. The van der Waals surface area contributed by atoms with Crippen molar-refractivity contribution < 1.29 is 29.3 Å². The summed E-state index contributed by atoms with van der Waals surface area (Å²) in [6, 6.07) is 16.6. The number of nitrogens with one attached hydrogen (secondary N) is 1. The first-order valence-corrected chi connectivity index (χ1v) is 11.0. The highest BCUT2D eigenvalue weighted by atomic mass is 16.5. The summed E-state index contributed by atoms with van der Waals surface area (Å²) in [4.78, 5) is 33.1. The average molecular weight is 457 g/mol. The van der Waals surface area contributed by atoms with Gasteiger partial charge < -0.3 is 20.3 Å². The first-order chi connectivity index (χ1) is 15.8. The Kier molecular flexibility index (Phi) is 10.4. The third-order valence-corrected chi connectivity index (χ3v) is 5.40. The Hall–Kier alpha value is -3.39. The van der Waals surface area contributed by atoms with Crippen LogP contribution in [-0.2, 0) is 27.5 Å². The zero-order valence-corrected chi connectivity index (χ0v) is 19.1. The van der Waals surface area contributed by atoms with E-state index >= 15 is 0 Å². The molecule has 0 atom stereocenters. The minimum Gasteiger partial charge on any atom is -0.494 e. The Morgan fingerprint density at radius 2 is 1.61 bits per heavy atom. The van der Waals surface area contributed by atoms with Gasteiger partial charge in [0.25, 0.3) is 0 Å². The molecule has 0 unspecified atom stereocenters. The van der Waals surface area contributed by atoms with Crippen LogP contribution >= 0.6 is 0 Å². The molecule has 0 aliphatic carbocycles. The van der Waals surface area contributed by atoms with Crippen LogP contribution in [0, 0.1) is 12.8 Å². The Morgan fingerprint density at radius 3 is 2.18 bits per heavy atom. The number of para-hydroxylation sites is 1. The second-order valence-corrected chi connectivity index (χ2v) is 7.90. The van der Waals surface area contributed by atoms with Gasteiger partial charge in [-0.2, -0.15) is 0 Å². The summed E-state index contributed by atoms with van der Waals surface area (Å²) in [5.74, 6) is -2.37. The molecular weight excluding hydrogens is 424 g/mol. The normalized spacial score (nSPS) is 14.0. The number of nitrogens with zero attached hydrogens (tertiary/aromatic N) is 1. The molecule has 1 fully saturated rings. The summed E-state index contributed by atoms with van der Waals surface area (Å²) in [5, 5.41) is 17.9. The van der Waals surface area contributed by atoms with Crippen LogP contribution in [0.1, 0.15) is 36.5 Å². The number of rotatable bonds is 7.